The molecular weight excluding hydrogens is 774 g/mol. The third-order valence-corrected chi connectivity index (χ3v) is 14.0. The van der Waals surface area contributed by atoms with Gasteiger partial charge in [0.25, 0.3) is 11.8 Å². The molecule has 0 radical (unpaired) electrons. The van der Waals surface area contributed by atoms with Crippen LogP contribution in [-0.4, -0.2) is 107 Å². The van der Waals surface area contributed by atoms with Crippen molar-refractivity contribution >= 4 is 39.0 Å². The number of fused-ring (bicyclic) bond motifs is 4. The summed E-state index contributed by atoms with van der Waals surface area (Å²) in [5.74, 6) is -1.41. The number of rotatable bonds is 8. The number of aliphatic hydroxyl groups is 2. The lowest BCUT2D eigenvalue weighted by Crippen LogP contribution is -2.49. The molecule has 2 unspecified atom stereocenters. The zero-order valence-corrected chi connectivity index (χ0v) is 34.3. The topological polar surface area (TPSA) is 174 Å². The summed E-state index contributed by atoms with van der Waals surface area (Å²) in [6, 6.07) is 11.3. The summed E-state index contributed by atoms with van der Waals surface area (Å²) in [5, 5.41) is 24.6. The molecule has 3 heterocycles. The lowest BCUT2D eigenvalue weighted by molar-refractivity contribution is -0.0272. The zero-order chi connectivity index (χ0) is 40.5. The van der Waals surface area contributed by atoms with Crippen molar-refractivity contribution in [3.05, 3.63) is 82.0 Å². The molecule has 1 saturated carbocycles. The molecule has 57 heavy (non-hydrogen) atoms. The van der Waals surface area contributed by atoms with E-state index < -0.39 is 46.5 Å². The number of carbonyl (C=O) groups excluding carboxylic acids is 2. The van der Waals surface area contributed by atoms with Gasteiger partial charge in [-0.3, -0.25) is 19.0 Å². The minimum absolute atomic E-state index is 0.0138. The van der Waals surface area contributed by atoms with Crippen LogP contribution in [0.5, 0.6) is 11.6 Å². The molecule has 3 aromatic rings. The first kappa shape index (κ1) is 41.2. The number of methoxy groups -OCH3 is 2. The number of halogens is 1. The SMILES string of the molecule is COc1nn(C)cc1C(=O)NS1(=O)=NC(=O)c2ccc3c(c2)N(C[C@@H]2CC[C@H]2[C@@H](OC)/C=C\[C@H](OCC(O)CO)[C@H](C)C1)C[C@@]1(CCCc2cc(Cl)ccc21)CO3. The second-order valence-electron chi connectivity index (χ2n) is 15.8. The molecule has 0 saturated heterocycles. The molecule has 1 aromatic heterocycles. The quantitative estimate of drug-likeness (QED) is 0.273. The molecule has 14 nitrogen and oxygen atoms in total. The predicted molar refractivity (Wildman–Crippen MR) is 215 cm³/mol. The highest BCUT2D eigenvalue weighted by molar-refractivity contribution is 7.92. The molecule has 16 heteroatoms. The van der Waals surface area contributed by atoms with Crippen LogP contribution in [0.1, 0.15) is 64.4 Å². The van der Waals surface area contributed by atoms with Gasteiger partial charge in [0.2, 0.25) is 5.88 Å². The summed E-state index contributed by atoms with van der Waals surface area (Å²) in [5.41, 5.74) is 3.05. The van der Waals surface area contributed by atoms with Gasteiger partial charge in [-0.2, -0.15) is 0 Å². The van der Waals surface area contributed by atoms with Gasteiger partial charge >= 0.3 is 0 Å². The molecule has 4 aliphatic rings. The van der Waals surface area contributed by atoms with Crippen molar-refractivity contribution in [3.63, 3.8) is 0 Å². The van der Waals surface area contributed by atoms with Gasteiger partial charge in [-0.1, -0.05) is 36.7 Å². The highest BCUT2D eigenvalue weighted by atomic mass is 35.5. The van der Waals surface area contributed by atoms with Crippen LogP contribution >= 0.6 is 11.6 Å². The van der Waals surface area contributed by atoms with Gasteiger partial charge in [-0.25, -0.2) is 4.21 Å². The number of aromatic nitrogens is 2. The summed E-state index contributed by atoms with van der Waals surface area (Å²) >= 11 is 6.47. The number of ether oxygens (including phenoxy) is 4. The molecule has 2 bridgehead atoms. The second-order valence-corrected chi connectivity index (χ2v) is 18.3. The van der Waals surface area contributed by atoms with Gasteiger partial charge in [-0.15, -0.1) is 9.46 Å². The van der Waals surface area contributed by atoms with Gasteiger partial charge in [0.05, 0.1) is 50.6 Å². The number of amides is 2. The maximum atomic E-state index is 15.0. The van der Waals surface area contributed by atoms with Gasteiger partial charge in [0.1, 0.15) is 27.3 Å². The number of benzene rings is 2. The van der Waals surface area contributed by atoms with Gasteiger partial charge in [0.15, 0.2) is 0 Å². The average molecular weight is 826 g/mol. The Morgan fingerprint density at radius 1 is 1.18 bits per heavy atom. The molecule has 308 valence electrons. The Balaban J connectivity index is 1.33. The molecule has 8 atom stereocenters. The molecule has 2 aromatic carbocycles. The van der Waals surface area contributed by atoms with Crippen molar-refractivity contribution in [1.29, 1.82) is 0 Å². The third-order valence-electron chi connectivity index (χ3n) is 11.9. The highest BCUT2D eigenvalue weighted by Gasteiger charge is 2.44. The summed E-state index contributed by atoms with van der Waals surface area (Å²) in [6.07, 6.45) is 7.74. The molecule has 1 fully saturated rings. The average Bonchev–Trinajstić information content (AvgIpc) is 3.50. The van der Waals surface area contributed by atoms with E-state index in [2.05, 4.69) is 31.2 Å². The van der Waals surface area contributed by atoms with E-state index in [0.29, 0.717) is 30.5 Å². The van der Waals surface area contributed by atoms with Crippen molar-refractivity contribution in [2.75, 3.05) is 57.8 Å². The minimum atomic E-state index is -3.86. The van der Waals surface area contributed by atoms with Crippen molar-refractivity contribution < 1.29 is 43.0 Å². The molecule has 2 aliphatic heterocycles. The van der Waals surface area contributed by atoms with Gasteiger partial charge in [-0.05, 0) is 85.4 Å². The monoisotopic (exact) mass is 825 g/mol. The first-order valence-corrected chi connectivity index (χ1v) is 21.5. The standard InChI is InChI=1S/C41H52ClN5O9S/c1-25-22-57(52,45-39(51)32-19-46(2)43-40(32)54-4)44-38(50)27-8-12-37-34(17-27)47(23-41(24-56-37)15-5-6-26-16-29(42)9-11-33(26)41)18-28-7-10-31(28)36(53-3)14-13-35(25)55-21-30(49)20-48/h8-9,11-14,16-17,19,25,28,30-31,35-36,48-49H,5-7,10,15,18,20-24H2,1-4H3,(H,44,45,50,51,52)/b14-13-/t25-,28+,30?,31-,35+,36+,41+,57?/m1/s1. The van der Waals surface area contributed by atoms with Crippen molar-refractivity contribution in [3.8, 4) is 11.6 Å². The number of anilines is 1. The first-order chi connectivity index (χ1) is 27.3. The van der Waals surface area contributed by atoms with Crippen LogP contribution in [-0.2, 0) is 38.3 Å². The Morgan fingerprint density at radius 2 is 1.98 bits per heavy atom. The normalized spacial score (nSPS) is 29.8. The van der Waals surface area contributed by atoms with E-state index in [1.165, 1.54) is 29.1 Å². The molecule has 1 spiro atoms. The number of carbonyl (C=O) groups is 2. The fraction of sp³-hybridized carbons (Fsp3) is 0.537. The smallest absolute Gasteiger partial charge is 0.286 e. The molecule has 2 aliphatic carbocycles. The molecule has 2 amide bonds. The van der Waals surface area contributed by atoms with Crippen LogP contribution < -0.4 is 19.1 Å². The van der Waals surface area contributed by atoms with Crippen LogP contribution in [0, 0.1) is 17.8 Å². The van der Waals surface area contributed by atoms with Gasteiger partial charge < -0.3 is 34.1 Å². The van der Waals surface area contributed by atoms with Gasteiger partial charge in [0, 0.05) is 55.4 Å². The van der Waals surface area contributed by atoms with E-state index in [1.54, 1.807) is 39.3 Å². The zero-order valence-electron chi connectivity index (χ0n) is 32.8. The van der Waals surface area contributed by atoms with E-state index in [4.69, 9.17) is 30.5 Å². The summed E-state index contributed by atoms with van der Waals surface area (Å²) in [4.78, 5) is 30.3. The number of aryl methyl sites for hydroxylation is 2. The van der Waals surface area contributed by atoms with E-state index in [9.17, 15) is 24.0 Å². The van der Waals surface area contributed by atoms with Crippen molar-refractivity contribution in [1.82, 2.24) is 14.5 Å². The Morgan fingerprint density at radius 3 is 2.72 bits per heavy atom. The minimum Gasteiger partial charge on any atom is -0.490 e. The number of hydrogen-bond donors (Lipinski definition) is 3. The Bertz CT molecular complexity index is 2140. The fourth-order valence-corrected chi connectivity index (χ4v) is 10.9. The molecule has 3 N–H and O–H groups in total. The van der Waals surface area contributed by atoms with E-state index in [1.807, 2.05) is 18.2 Å². The summed E-state index contributed by atoms with van der Waals surface area (Å²) < 4.78 is 47.3. The van der Waals surface area contributed by atoms with Crippen LogP contribution in [0.2, 0.25) is 5.02 Å². The maximum Gasteiger partial charge on any atom is 0.286 e. The second kappa shape index (κ2) is 17.1. The van der Waals surface area contributed by atoms with Crippen molar-refractivity contribution in [2.24, 2.45) is 29.2 Å². The lowest BCUT2D eigenvalue weighted by Gasteiger charge is -2.46. The van der Waals surface area contributed by atoms with Crippen LogP contribution in [0.4, 0.5) is 5.69 Å². The Kier molecular flexibility index (Phi) is 12.3. The Labute approximate surface area is 338 Å². The number of nitrogens with one attached hydrogen (secondary N) is 1. The number of nitrogens with zero attached hydrogens (tertiary/aromatic N) is 4. The van der Waals surface area contributed by atoms with E-state index >= 15 is 0 Å². The highest BCUT2D eigenvalue weighted by Crippen LogP contribution is 2.47. The summed E-state index contributed by atoms with van der Waals surface area (Å²) in [7, 11) is 0.798. The first-order valence-electron chi connectivity index (χ1n) is 19.5. The summed E-state index contributed by atoms with van der Waals surface area (Å²) in [6.45, 7) is 2.80. The number of aliphatic hydroxyl groups excluding tert-OH is 2. The lowest BCUT2D eigenvalue weighted by atomic mass is 9.68. The van der Waals surface area contributed by atoms with Crippen LogP contribution in [0.3, 0.4) is 0 Å². The Hall–Kier alpha value is -3.99. The maximum absolute atomic E-state index is 15.0. The molecule has 7 rings (SSSR count). The van der Waals surface area contributed by atoms with Crippen molar-refractivity contribution in [2.45, 2.75) is 62.8 Å². The molecular formula is C41H52ClN5O9S. The van der Waals surface area contributed by atoms with Crippen LogP contribution in [0.25, 0.3) is 0 Å². The van der Waals surface area contributed by atoms with E-state index in [0.717, 1.165) is 37.8 Å². The fourth-order valence-electron chi connectivity index (χ4n) is 8.80. The number of hydrogen-bond acceptors (Lipinski definition) is 11. The predicted octanol–water partition coefficient (Wildman–Crippen LogP) is 4.49. The van der Waals surface area contributed by atoms with Crippen LogP contribution in [0.15, 0.2) is 59.1 Å². The van der Waals surface area contributed by atoms with E-state index in [-0.39, 0.29) is 52.7 Å². The third kappa shape index (κ3) is 8.74. The largest absolute Gasteiger partial charge is 0.490 e.